The van der Waals surface area contributed by atoms with E-state index in [2.05, 4.69) is 5.10 Å². The second-order valence-electron chi connectivity index (χ2n) is 6.55. The van der Waals surface area contributed by atoms with Crippen molar-refractivity contribution in [1.29, 1.82) is 0 Å². The van der Waals surface area contributed by atoms with Crippen LogP contribution in [-0.2, 0) is 10.0 Å². The van der Waals surface area contributed by atoms with Gasteiger partial charge in [0.05, 0.1) is 4.90 Å². The number of amides is 1. The number of nitrogens with zero attached hydrogens (tertiary/aromatic N) is 4. The summed E-state index contributed by atoms with van der Waals surface area (Å²) in [7, 11) is -0.327. The van der Waals surface area contributed by atoms with Crippen LogP contribution in [-0.4, -0.2) is 54.8 Å². The zero-order chi connectivity index (χ0) is 18.6. The molecule has 134 valence electrons. The van der Waals surface area contributed by atoms with E-state index in [1.807, 2.05) is 19.1 Å². The molecule has 26 heavy (non-hydrogen) atoms. The number of hydrogen-bond donors (Lipinski definition) is 0. The second kappa shape index (κ2) is 5.65. The van der Waals surface area contributed by atoms with Gasteiger partial charge in [-0.3, -0.25) is 9.69 Å². The molecule has 2 aliphatic rings. The van der Waals surface area contributed by atoms with E-state index in [1.54, 1.807) is 55.4 Å². The van der Waals surface area contributed by atoms with Gasteiger partial charge >= 0.3 is 0 Å². The van der Waals surface area contributed by atoms with Crippen LogP contribution in [0, 0.1) is 6.92 Å². The third-order valence-corrected chi connectivity index (χ3v) is 6.26. The molecule has 8 heteroatoms. The van der Waals surface area contributed by atoms with Crippen molar-refractivity contribution in [2.24, 2.45) is 5.10 Å². The maximum Gasteiger partial charge on any atom is 0.277 e. The molecule has 0 spiro atoms. The van der Waals surface area contributed by atoms with Crippen LogP contribution < -0.4 is 0 Å². The molecule has 1 amide bonds. The molecule has 1 atom stereocenters. The van der Waals surface area contributed by atoms with Crippen molar-refractivity contribution in [2.75, 3.05) is 14.1 Å². The highest BCUT2D eigenvalue weighted by Gasteiger charge is 2.52. The number of benzene rings is 2. The van der Waals surface area contributed by atoms with Crippen molar-refractivity contribution in [3.8, 4) is 0 Å². The molecule has 0 unspecified atom stereocenters. The topological polar surface area (TPSA) is 73.3 Å². The summed E-state index contributed by atoms with van der Waals surface area (Å²) in [4.78, 5) is 14.9. The molecule has 0 radical (unpaired) electrons. The maximum atomic E-state index is 13.0. The standard InChI is InChI=1S/C18H18N4O3S/c1-12-8-10-13(11-9-12)17(23)21-18(20(2)3)22-16(19-21)14-6-4-5-7-15(14)26(22,24)25/h4-11,18H,1-3H3/t18-/m0/s1. The van der Waals surface area contributed by atoms with Crippen LogP contribution in [0.5, 0.6) is 0 Å². The Bertz CT molecular complexity index is 1030. The Balaban J connectivity index is 1.84. The summed E-state index contributed by atoms with van der Waals surface area (Å²) in [6.45, 7) is 1.94. The molecule has 2 aliphatic heterocycles. The van der Waals surface area contributed by atoms with Gasteiger partial charge in [-0.25, -0.2) is 12.7 Å². The summed E-state index contributed by atoms with van der Waals surface area (Å²) < 4.78 is 27.2. The van der Waals surface area contributed by atoms with E-state index in [1.165, 1.54) is 9.31 Å². The molecule has 0 saturated carbocycles. The number of hydrazone groups is 1. The van der Waals surface area contributed by atoms with Crippen molar-refractivity contribution in [3.63, 3.8) is 0 Å². The molecular weight excluding hydrogens is 352 g/mol. The molecule has 0 aromatic heterocycles. The van der Waals surface area contributed by atoms with Crippen LogP contribution in [0.2, 0.25) is 0 Å². The Morgan fingerprint density at radius 1 is 1.08 bits per heavy atom. The highest BCUT2D eigenvalue weighted by atomic mass is 32.2. The average Bonchev–Trinajstić information content (AvgIpc) is 3.11. The molecule has 0 fully saturated rings. The molecule has 2 aromatic carbocycles. The summed E-state index contributed by atoms with van der Waals surface area (Å²) in [6, 6.07) is 13.8. The zero-order valence-electron chi connectivity index (χ0n) is 14.6. The first-order valence-electron chi connectivity index (χ1n) is 8.11. The number of fused-ring (bicyclic) bond motifs is 3. The van der Waals surface area contributed by atoms with Gasteiger partial charge in [0.2, 0.25) is 0 Å². The number of carbonyl (C=O) groups is 1. The summed E-state index contributed by atoms with van der Waals surface area (Å²) in [6.07, 6.45) is -0.851. The Kier molecular flexibility index (Phi) is 3.64. The predicted octanol–water partition coefficient (Wildman–Crippen LogP) is 1.66. The van der Waals surface area contributed by atoms with E-state index in [9.17, 15) is 13.2 Å². The third-order valence-electron chi connectivity index (χ3n) is 4.47. The van der Waals surface area contributed by atoms with Crippen molar-refractivity contribution in [1.82, 2.24) is 14.2 Å². The third kappa shape index (κ3) is 2.26. The van der Waals surface area contributed by atoms with E-state index >= 15 is 0 Å². The summed E-state index contributed by atoms with van der Waals surface area (Å²) in [5, 5.41) is 5.62. The number of amidine groups is 1. The molecular formula is C18H18N4O3S. The first kappa shape index (κ1) is 16.7. The Morgan fingerprint density at radius 2 is 1.73 bits per heavy atom. The van der Waals surface area contributed by atoms with Crippen molar-refractivity contribution >= 4 is 21.8 Å². The molecule has 0 aliphatic carbocycles. The first-order chi connectivity index (χ1) is 12.3. The van der Waals surface area contributed by atoms with Gasteiger partial charge in [-0.1, -0.05) is 29.8 Å². The van der Waals surface area contributed by atoms with Crippen LogP contribution in [0.3, 0.4) is 0 Å². The second-order valence-corrected chi connectivity index (χ2v) is 8.33. The van der Waals surface area contributed by atoms with Gasteiger partial charge in [0.1, 0.15) is 0 Å². The Hall–Kier alpha value is -2.71. The Labute approximate surface area is 152 Å². The fourth-order valence-corrected chi connectivity index (χ4v) is 4.99. The summed E-state index contributed by atoms with van der Waals surface area (Å²) in [5.74, 6) is -0.0713. The maximum absolute atomic E-state index is 13.0. The minimum absolute atomic E-state index is 0.216. The molecule has 0 N–H and O–H groups in total. The van der Waals surface area contributed by atoms with Gasteiger partial charge in [-0.2, -0.15) is 5.01 Å². The lowest BCUT2D eigenvalue weighted by molar-refractivity contribution is 0.0341. The van der Waals surface area contributed by atoms with Crippen LogP contribution in [0.15, 0.2) is 58.5 Å². The van der Waals surface area contributed by atoms with Gasteiger partial charge in [0.25, 0.3) is 15.9 Å². The predicted molar refractivity (Wildman–Crippen MR) is 96.8 cm³/mol. The normalized spacial score (nSPS) is 20.2. The van der Waals surface area contributed by atoms with E-state index < -0.39 is 16.3 Å². The minimum atomic E-state index is -3.77. The number of hydrogen-bond acceptors (Lipinski definition) is 5. The minimum Gasteiger partial charge on any atom is -0.270 e. The van der Waals surface area contributed by atoms with Gasteiger partial charge in [-0.15, -0.1) is 5.10 Å². The lowest BCUT2D eigenvalue weighted by atomic mass is 10.1. The van der Waals surface area contributed by atoms with Gasteiger partial charge < -0.3 is 0 Å². The summed E-state index contributed by atoms with van der Waals surface area (Å²) >= 11 is 0. The first-order valence-corrected chi connectivity index (χ1v) is 9.55. The van der Waals surface area contributed by atoms with Crippen molar-refractivity contribution in [2.45, 2.75) is 18.1 Å². The van der Waals surface area contributed by atoms with Crippen LogP contribution >= 0.6 is 0 Å². The lowest BCUT2D eigenvalue weighted by Crippen LogP contribution is -2.53. The SMILES string of the molecule is Cc1ccc(C(=O)N2N=C3c4ccccc4S(=O)(=O)N3[C@H]2N(C)C)cc1. The van der Waals surface area contributed by atoms with E-state index in [0.29, 0.717) is 11.1 Å². The fourth-order valence-electron chi connectivity index (χ4n) is 3.21. The summed E-state index contributed by atoms with van der Waals surface area (Å²) in [5.41, 5.74) is 2.01. The van der Waals surface area contributed by atoms with Gasteiger partial charge in [0, 0.05) is 11.1 Å². The highest BCUT2D eigenvalue weighted by molar-refractivity contribution is 7.90. The number of carbonyl (C=O) groups excluding carboxylic acids is 1. The quantitative estimate of drug-likeness (QED) is 0.806. The molecule has 0 bridgehead atoms. The monoisotopic (exact) mass is 370 g/mol. The largest absolute Gasteiger partial charge is 0.277 e. The van der Waals surface area contributed by atoms with Crippen LogP contribution in [0.4, 0.5) is 0 Å². The molecule has 0 saturated heterocycles. The highest BCUT2D eigenvalue weighted by Crippen LogP contribution is 2.38. The average molecular weight is 370 g/mol. The molecule has 2 heterocycles. The van der Waals surface area contributed by atoms with Crippen molar-refractivity contribution in [3.05, 3.63) is 65.2 Å². The van der Waals surface area contributed by atoms with Crippen molar-refractivity contribution < 1.29 is 13.2 Å². The number of rotatable bonds is 2. The molecule has 2 aromatic rings. The zero-order valence-corrected chi connectivity index (χ0v) is 15.4. The van der Waals surface area contributed by atoms with E-state index in [4.69, 9.17) is 0 Å². The molecule has 4 rings (SSSR count). The van der Waals surface area contributed by atoms with E-state index in [0.717, 1.165) is 5.56 Å². The number of sulfonamides is 1. The van der Waals surface area contributed by atoms with Crippen LogP contribution in [0.25, 0.3) is 0 Å². The van der Waals surface area contributed by atoms with Crippen LogP contribution in [0.1, 0.15) is 21.5 Å². The fraction of sp³-hybridized carbons (Fsp3) is 0.222. The van der Waals surface area contributed by atoms with Gasteiger partial charge in [0.15, 0.2) is 12.1 Å². The smallest absolute Gasteiger partial charge is 0.270 e. The molecule has 7 nitrogen and oxygen atoms in total. The number of aryl methyl sites for hydroxylation is 1. The van der Waals surface area contributed by atoms with E-state index in [-0.39, 0.29) is 16.6 Å². The Morgan fingerprint density at radius 3 is 2.38 bits per heavy atom. The van der Waals surface area contributed by atoms with Gasteiger partial charge in [-0.05, 0) is 45.3 Å². The lowest BCUT2D eigenvalue weighted by Gasteiger charge is -2.32.